The van der Waals surface area contributed by atoms with E-state index in [9.17, 15) is 4.39 Å². The van der Waals surface area contributed by atoms with E-state index in [4.69, 9.17) is 11.5 Å². The average Bonchev–Trinajstić information content (AvgIpc) is 2.99. The molecule has 0 atom stereocenters. The Hall–Kier alpha value is -3.48. The number of fused-ring (bicyclic) bond motifs is 1. The predicted octanol–water partition coefficient (Wildman–Crippen LogP) is 2.79. The molecule has 4 rings (SSSR count). The monoisotopic (exact) mass is 320 g/mol. The van der Waals surface area contributed by atoms with Crippen LogP contribution in [-0.2, 0) is 0 Å². The molecule has 4 aromatic rings. The number of nitrogens with zero attached hydrogens (tertiary/aromatic N) is 4. The molecule has 0 saturated carbocycles. The third-order valence-corrected chi connectivity index (χ3v) is 3.85. The molecule has 3 heterocycles. The van der Waals surface area contributed by atoms with Crippen LogP contribution in [0.2, 0.25) is 0 Å². The SMILES string of the molecule is Nc1ccc(-c2cn(-c3cccnc3)c3ncnc(N)c23)cc1F. The maximum Gasteiger partial charge on any atom is 0.150 e. The molecule has 0 unspecified atom stereocenters. The molecule has 0 aliphatic carbocycles. The number of aromatic nitrogens is 4. The molecule has 24 heavy (non-hydrogen) atoms. The first kappa shape index (κ1) is 14.1. The van der Waals surface area contributed by atoms with Gasteiger partial charge in [0.2, 0.25) is 0 Å². The van der Waals surface area contributed by atoms with Crippen molar-refractivity contribution in [1.29, 1.82) is 0 Å². The molecule has 4 N–H and O–H groups in total. The summed E-state index contributed by atoms with van der Waals surface area (Å²) in [5, 5.41) is 0.658. The fourth-order valence-electron chi connectivity index (χ4n) is 2.69. The number of nitrogens with two attached hydrogens (primary N) is 2. The second-order valence-electron chi connectivity index (χ2n) is 5.32. The van der Waals surface area contributed by atoms with Gasteiger partial charge in [-0.05, 0) is 29.8 Å². The van der Waals surface area contributed by atoms with Crippen LogP contribution in [0.25, 0.3) is 27.8 Å². The number of pyridine rings is 1. The number of nitrogen functional groups attached to an aromatic ring is 2. The normalized spacial score (nSPS) is 11.0. The number of halogens is 1. The predicted molar refractivity (Wildman–Crippen MR) is 90.9 cm³/mol. The number of rotatable bonds is 2. The summed E-state index contributed by atoms with van der Waals surface area (Å²) in [6.45, 7) is 0. The van der Waals surface area contributed by atoms with Gasteiger partial charge < -0.3 is 11.5 Å². The van der Waals surface area contributed by atoms with Crippen LogP contribution in [-0.4, -0.2) is 19.5 Å². The fourth-order valence-corrected chi connectivity index (χ4v) is 2.69. The van der Waals surface area contributed by atoms with Crippen LogP contribution in [0, 0.1) is 5.82 Å². The maximum atomic E-state index is 13.9. The van der Waals surface area contributed by atoms with Crippen molar-refractivity contribution >= 4 is 22.5 Å². The van der Waals surface area contributed by atoms with Crippen molar-refractivity contribution in [2.75, 3.05) is 11.5 Å². The number of hydrogen-bond acceptors (Lipinski definition) is 5. The minimum atomic E-state index is -0.481. The Morgan fingerprint density at radius 3 is 2.71 bits per heavy atom. The summed E-state index contributed by atoms with van der Waals surface area (Å²) < 4.78 is 15.7. The van der Waals surface area contributed by atoms with Gasteiger partial charge >= 0.3 is 0 Å². The second-order valence-corrected chi connectivity index (χ2v) is 5.32. The largest absolute Gasteiger partial charge is 0.396 e. The topological polar surface area (TPSA) is 95.6 Å². The van der Waals surface area contributed by atoms with Crippen molar-refractivity contribution in [2.45, 2.75) is 0 Å². The molecule has 0 amide bonds. The smallest absolute Gasteiger partial charge is 0.150 e. The fraction of sp³-hybridized carbons (Fsp3) is 0. The Morgan fingerprint density at radius 1 is 1.08 bits per heavy atom. The lowest BCUT2D eigenvalue weighted by Crippen LogP contribution is -1.97. The van der Waals surface area contributed by atoms with Crippen LogP contribution >= 0.6 is 0 Å². The molecule has 0 fully saturated rings. The zero-order chi connectivity index (χ0) is 16.7. The summed E-state index contributed by atoms with van der Waals surface area (Å²) in [5.41, 5.74) is 14.5. The first-order valence-electron chi connectivity index (χ1n) is 7.22. The highest BCUT2D eigenvalue weighted by Gasteiger charge is 2.16. The first-order valence-corrected chi connectivity index (χ1v) is 7.22. The van der Waals surface area contributed by atoms with Gasteiger partial charge in [0.15, 0.2) is 5.65 Å². The van der Waals surface area contributed by atoms with Gasteiger partial charge in [-0.15, -0.1) is 0 Å². The lowest BCUT2D eigenvalue weighted by atomic mass is 10.1. The van der Waals surface area contributed by atoms with Gasteiger partial charge in [0, 0.05) is 18.0 Å². The average molecular weight is 320 g/mol. The molecular weight excluding hydrogens is 307 g/mol. The quantitative estimate of drug-likeness (QED) is 0.554. The zero-order valence-corrected chi connectivity index (χ0v) is 12.5. The molecule has 6 nitrogen and oxygen atoms in total. The Morgan fingerprint density at radius 2 is 1.96 bits per heavy atom. The highest BCUT2D eigenvalue weighted by atomic mass is 19.1. The third-order valence-electron chi connectivity index (χ3n) is 3.85. The highest BCUT2D eigenvalue weighted by Crippen LogP contribution is 2.34. The zero-order valence-electron chi connectivity index (χ0n) is 12.5. The minimum absolute atomic E-state index is 0.0963. The van der Waals surface area contributed by atoms with Crippen LogP contribution < -0.4 is 11.5 Å². The van der Waals surface area contributed by atoms with Crippen molar-refractivity contribution < 1.29 is 4.39 Å². The van der Waals surface area contributed by atoms with E-state index in [2.05, 4.69) is 15.0 Å². The number of anilines is 2. The molecule has 1 aromatic carbocycles. The van der Waals surface area contributed by atoms with Crippen LogP contribution in [0.15, 0.2) is 55.2 Å². The van der Waals surface area contributed by atoms with E-state index in [0.29, 0.717) is 22.4 Å². The number of benzene rings is 1. The Bertz CT molecular complexity index is 1040. The molecular formula is C17H13FN6. The van der Waals surface area contributed by atoms with Gasteiger partial charge in [0.05, 0.1) is 23.0 Å². The van der Waals surface area contributed by atoms with Gasteiger partial charge in [-0.25, -0.2) is 14.4 Å². The van der Waals surface area contributed by atoms with Crippen molar-refractivity contribution in [1.82, 2.24) is 19.5 Å². The standard InChI is InChI=1S/C17H13FN6/c18-13-6-10(3-4-14(13)19)12-8-24(11-2-1-5-21-7-11)17-15(12)16(20)22-9-23-17/h1-9H,19H2,(H2,20,22,23). The Balaban J connectivity index is 2.04. The molecule has 0 bridgehead atoms. The highest BCUT2D eigenvalue weighted by molar-refractivity contribution is 6.01. The van der Waals surface area contributed by atoms with E-state index in [1.807, 2.05) is 22.9 Å². The van der Waals surface area contributed by atoms with Crippen molar-refractivity contribution in [3.05, 3.63) is 61.1 Å². The van der Waals surface area contributed by atoms with E-state index in [1.165, 1.54) is 18.5 Å². The summed E-state index contributed by atoms with van der Waals surface area (Å²) in [5.74, 6) is -0.153. The molecule has 0 saturated heterocycles. The van der Waals surface area contributed by atoms with Gasteiger partial charge in [0.25, 0.3) is 0 Å². The van der Waals surface area contributed by atoms with Crippen LogP contribution in [0.1, 0.15) is 0 Å². The van der Waals surface area contributed by atoms with Gasteiger partial charge in [-0.3, -0.25) is 9.55 Å². The Kier molecular flexibility index (Phi) is 3.13. The minimum Gasteiger partial charge on any atom is -0.396 e. The number of hydrogen-bond donors (Lipinski definition) is 2. The van der Waals surface area contributed by atoms with Crippen LogP contribution in [0.4, 0.5) is 15.9 Å². The molecule has 0 spiro atoms. The van der Waals surface area contributed by atoms with Crippen LogP contribution in [0.5, 0.6) is 0 Å². The summed E-state index contributed by atoms with van der Waals surface area (Å²) in [4.78, 5) is 12.5. The lowest BCUT2D eigenvalue weighted by molar-refractivity contribution is 0.633. The molecule has 3 aromatic heterocycles. The van der Waals surface area contributed by atoms with Crippen LogP contribution in [0.3, 0.4) is 0 Å². The lowest BCUT2D eigenvalue weighted by Gasteiger charge is -2.03. The second kappa shape index (κ2) is 5.31. The maximum absolute atomic E-state index is 13.9. The van der Waals surface area contributed by atoms with Gasteiger partial charge in [0.1, 0.15) is 18.0 Å². The summed E-state index contributed by atoms with van der Waals surface area (Å²) in [6.07, 6.45) is 6.65. The summed E-state index contributed by atoms with van der Waals surface area (Å²) in [6, 6.07) is 8.38. The van der Waals surface area contributed by atoms with Gasteiger partial charge in [-0.1, -0.05) is 6.07 Å². The van der Waals surface area contributed by atoms with Gasteiger partial charge in [-0.2, -0.15) is 0 Å². The molecule has 0 aliphatic heterocycles. The van der Waals surface area contributed by atoms with E-state index in [-0.39, 0.29) is 5.69 Å². The van der Waals surface area contributed by atoms with E-state index >= 15 is 0 Å². The summed E-state index contributed by atoms with van der Waals surface area (Å²) in [7, 11) is 0. The molecule has 118 valence electrons. The molecule has 0 aliphatic rings. The van der Waals surface area contributed by atoms with E-state index in [0.717, 1.165) is 11.3 Å². The van der Waals surface area contributed by atoms with E-state index < -0.39 is 5.82 Å². The molecule has 0 radical (unpaired) electrons. The Labute approximate surface area is 136 Å². The van der Waals surface area contributed by atoms with Crippen molar-refractivity contribution in [3.63, 3.8) is 0 Å². The molecule has 7 heteroatoms. The van der Waals surface area contributed by atoms with Crippen molar-refractivity contribution in [2.24, 2.45) is 0 Å². The van der Waals surface area contributed by atoms with Crippen molar-refractivity contribution in [3.8, 4) is 16.8 Å². The third kappa shape index (κ3) is 2.14. The first-order chi connectivity index (χ1) is 11.6. The summed E-state index contributed by atoms with van der Waals surface area (Å²) >= 11 is 0. The van der Waals surface area contributed by atoms with E-state index in [1.54, 1.807) is 18.5 Å².